The van der Waals surface area contributed by atoms with Gasteiger partial charge in [0.2, 0.25) is 0 Å². The van der Waals surface area contributed by atoms with Gasteiger partial charge in [-0.2, -0.15) is 0 Å². The maximum absolute atomic E-state index is 12.9. The summed E-state index contributed by atoms with van der Waals surface area (Å²) in [7, 11) is 1.43. The van der Waals surface area contributed by atoms with Crippen molar-refractivity contribution in [1.29, 1.82) is 0 Å². The highest BCUT2D eigenvalue weighted by Crippen LogP contribution is 2.34. The molecule has 0 spiro atoms. The van der Waals surface area contributed by atoms with E-state index in [1.165, 1.54) is 13.2 Å². The summed E-state index contributed by atoms with van der Waals surface area (Å²) in [6.07, 6.45) is 0. The summed E-state index contributed by atoms with van der Waals surface area (Å²) >= 11 is 0. The van der Waals surface area contributed by atoms with Crippen molar-refractivity contribution in [2.24, 2.45) is 5.73 Å². The van der Waals surface area contributed by atoms with Crippen molar-refractivity contribution in [1.82, 2.24) is 0 Å². The summed E-state index contributed by atoms with van der Waals surface area (Å²) in [6, 6.07) is 2.30. The summed E-state index contributed by atoms with van der Waals surface area (Å²) in [4.78, 5) is 0. The van der Waals surface area contributed by atoms with Crippen molar-refractivity contribution in [3.8, 4) is 11.5 Å². The molecule has 0 radical (unpaired) electrons. The zero-order chi connectivity index (χ0) is 10.7. The van der Waals surface area contributed by atoms with Crippen molar-refractivity contribution < 1.29 is 14.2 Å². The average Bonchev–Trinajstić information content (AvgIpc) is 2.15. The average molecular weight is 199 g/mol. The second kappa shape index (κ2) is 4.28. The van der Waals surface area contributed by atoms with Crippen molar-refractivity contribution in [3.05, 3.63) is 23.5 Å². The lowest BCUT2D eigenvalue weighted by molar-refractivity contribution is 0.389. The number of benzene rings is 1. The Hall–Kier alpha value is -1.29. The van der Waals surface area contributed by atoms with E-state index in [1.807, 2.05) is 6.92 Å². The normalized spacial score (nSPS) is 12.6. The minimum Gasteiger partial charge on any atom is -0.507 e. The molecule has 0 heterocycles. The van der Waals surface area contributed by atoms with E-state index in [-0.39, 0.29) is 11.7 Å². The van der Waals surface area contributed by atoms with Gasteiger partial charge in [-0.05, 0) is 6.54 Å². The molecule has 0 fully saturated rings. The van der Waals surface area contributed by atoms with Gasteiger partial charge in [0, 0.05) is 23.6 Å². The molecule has 0 bridgehead atoms. The highest BCUT2D eigenvalue weighted by Gasteiger charge is 2.16. The quantitative estimate of drug-likeness (QED) is 0.777. The Bertz CT molecular complexity index is 328. The third kappa shape index (κ3) is 1.96. The van der Waals surface area contributed by atoms with Crippen LogP contribution in [0.15, 0.2) is 12.1 Å². The first-order chi connectivity index (χ1) is 6.60. The van der Waals surface area contributed by atoms with Crippen LogP contribution in [-0.4, -0.2) is 18.8 Å². The van der Waals surface area contributed by atoms with Crippen LogP contribution in [0.3, 0.4) is 0 Å². The number of hydrogen-bond acceptors (Lipinski definition) is 3. The van der Waals surface area contributed by atoms with Gasteiger partial charge in [-0.3, -0.25) is 0 Å². The maximum Gasteiger partial charge on any atom is 0.130 e. The molecule has 3 nitrogen and oxygen atoms in total. The van der Waals surface area contributed by atoms with Gasteiger partial charge in [-0.15, -0.1) is 0 Å². The topological polar surface area (TPSA) is 55.5 Å². The number of nitrogens with two attached hydrogens (primary N) is 1. The van der Waals surface area contributed by atoms with Gasteiger partial charge < -0.3 is 15.6 Å². The second-order valence-corrected chi connectivity index (χ2v) is 3.18. The Morgan fingerprint density at radius 2 is 2.21 bits per heavy atom. The number of ether oxygens (including phenoxy) is 1. The third-order valence-corrected chi connectivity index (χ3v) is 2.15. The van der Waals surface area contributed by atoms with Crippen LogP contribution in [0.25, 0.3) is 0 Å². The number of phenols is 1. The van der Waals surface area contributed by atoms with Gasteiger partial charge in [-0.1, -0.05) is 6.92 Å². The molecule has 1 rings (SSSR count). The lowest BCUT2D eigenvalue weighted by Crippen LogP contribution is -2.10. The molecule has 1 atom stereocenters. The lowest BCUT2D eigenvalue weighted by Gasteiger charge is -2.15. The zero-order valence-electron chi connectivity index (χ0n) is 8.25. The number of halogens is 1. The van der Waals surface area contributed by atoms with E-state index < -0.39 is 5.82 Å². The first-order valence-corrected chi connectivity index (χ1v) is 4.36. The van der Waals surface area contributed by atoms with Gasteiger partial charge in [0.25, 0.3) is 0 Å². The Morgan fingerprint density at radius 3 is 2.71 bits per heavy atom. The van der Waals surface area contributed by atoms with Crippen LogP contribution >= 0.6 is 0 Å². The third-order valence-electron chi connectivity index (χ3n) is 2.15. The van der Waals surface area contributed by atoms with E-state index in [0.29, 0.717) is 17.9 Å². The number of rotatable bonds is 3. The molecular weight excluding hydrogens is 185 g/mol. The SMILES string of the molecule is COc1cc(F)cc(O)c1C(C)CN. The summed E-state index contributed by atoms with van der Waals surface area (Å²) in [5.41, 5.74) is 6.03. The van der Waals surface area contributed by atoms with Gasteiger partial charge in [0.1, 0.15) is 17.3 Å². The molecule has 1 aromatic carbocycles. The minimum atomic E-state index is -0.521. The van der Waals surface area contributed by atoms with Crippen molar-refractivity contribution >= 4 is 0 Å². The van der Waals surface area contributed by atoms with Crippen LogP contribution in [0, 0.1) is 5.82 Å². The molecule has 0 saturated heterocycles. The molecule has 78 valence electrons. The fourth-order valence-corrected chi connectivity index (χ4v) is 1.36. The molecule has 0 amide bonds. The van der Waals surface area contributed by atoms with E-state index in [4.69, 9.17) is 10.5 Å². The molecule has 0 aliphatic rings. The number of hydrogen-bond donors (Lipinski definition) is 2. The van der Waals surface area contributed by atoms with E-state index >= 15 is 0 Å². The van der Waals surface area contributed by atoms with E-state index in [0.717, 1.165) is 6.07 Å². The molecule has 0 aliphatic carbocycles. The maximum atomic E-state index is 12.9. The summed E-state index contributed by atoms with van der Waals surface area (Å²) in [5, 5.41) is 9.53. The first kappa shape index (κ1) is 10.8. The molecule has 14 heavy (non-hydrogen) atoms. The van der Waals surface area contributed by atoms with Gasteiger partial charge in [0.05, 0.1) is 7.11 Å². The van der Waals surface area contributed by atoms with Crippen LogP contribution in [0.1, 0.15) is 18.4 Å². The molecule has 0 saturated carbocycles. The molecule has 0 aromatic heterocycles. The fourth-order valence-electron chi connectivity index (χ4n) is 1.36. The summed E-state index contributed by atoms with van der Waals surface area (Å²) in [6.45, 7) is 2.21. The van der Waals surface area contributed by atoms with Crippen molar-refractivity contribution in [2.45, 2.75) is 12.8 Å². The largest absolute Gasteiger partial charge is 0.507 e. The molecule has 1 unspecified atom stereocenters. The van der Waals surface area contributed by atoms with Crippen LogP contribution in [0.4, 0.5) is 4.39 Å². The molecule has 3 N–H and O–H groups in total. The predicted molar refractivity (Wildman–Crippen MR) is 52.1 cm³/mol. The van der Waals surface area contributed by atoms with Crippen LogP contribution in [0.5, 0.6) is 11.5 Å². The number of phenolic OH excluding ortho intramolecular Hbond substituents is 1. The fraction of sp³-hybridized carbons (Fsp3) is 0.400. The Labute approximate surface area is 82.3 Å². The molecule has 0 aliphatic heterocycles. The Morgan fingerprint density at radius 1 is 1.57 bits per heavy atom. The Kier molecular flexibility index (Phi) is 3.30. The number of aromatic hydroxyl groups is 1. The van der Waals surface area contributed by atoms with E-state index in [9.17, 15) is 9.50 Å². The summed E-state index contributed by atoms with van der Waals surface area (Å²) in [5.74, 6) is -0.363. The van der Waals surface area contributed by atoms with Crippen molar-refractivity contribution in [3.63, 3.8) is 0 Å². The monoisotopic (exact) mass is 199 g/mol. The van der Waals surface area contributed by atoms with E-state index in [1.54, 1.807) is 0 Å². The van der Waals surface area contributed by atoms with Gasteiger partial charge in [0.15, 0.2) is 0 Å². The Balaban J connectivity index is 3.24. The standard InChI is InChI=1S/C10H14FNO2/c1-6(5-12)10-8(13)3-7(11)4-9(10)14-2/h3-4,6,13H,5,12H2,1-2H3. The second-order valence-electron chi connectivity index (χ2n) is 3.18. The van der Waals surface area contributed by atoms with Gasteiger partial charge in [-0.25, -0.2) is 4.39 Å². The highest BCUT2D eigenvalue weighted by molar-refractivity contribution is 5.46. The number of methoxy groups -OCH3 is 1. The van der Waals surface area contributed by atoms with Gasteiger partial charge >= 0.3 is 0 Å². The van der Waals surface area contributed by atoms with Crippen LogP contribution < -0.4 is 10.5 Å². The lowest BCUT2D eigenvalue weighted by atomic mass is 9.99. The highest BCUT2D eigenvalue weighted by atomic mass is 19.1. The smallest absolute Gasteiger partial charge is 0.130 e. The first-order valence-electron chi connectivity index (χ1n) is 4.36. The molecule has 1 aromatic rings. The minimum absolute atomic E-state index is 0.0643. The van der Waals surface area contributed by atoms with Crippen LogP contribution in [0.2, 0.25) is 0 Å². The molecular formula is C10H14FNO2. The van der Waals surface area contributed by atoms with E-state index in [2.05, 4.69) is 0 Å². The predicted octanol–water partition coefficient (Wildman–Crippen LogP) is 1.60. The zero-order valence-corrected chi connectivity index (χ0v) is 8.25. The van der Waals surface area contributed by atoms with Crippen molar-refractivity contribution in [2.75, 3.05) is 13.7 Å². The van der Waals surface area contributed by atoms with Crippen LogP contribution in [-0.2, 0) is 0 Å². The summed E-state index contributed by atoms with van der Waals surface area (Å²) < 4.78 is 17.9. The molecule has 4 heteroatoms.